The summed E-state index contributed by atoms with van der Waals surface area (Å²) in [4.78, 5) is 4.03. The summed E-state index contributed by atoms with van der Waals surface area (Å²) in [6, 6.07) is 4.37. The summed E-state index contributed by atoms with van der Waals surface area (Å²) in [7, 11) is 0. The van der Waals surface area contributed by atoms with Crippen LogP contribution in [0.3, 0.4) is 0 Å². The summed E-state index contributed by atoms with van der Waals surface area (Å²) in [6.45, 7) is 0. The predicted octanol–water partition coefficient (Wildman–Crippen LogP) is 2.17. The fourth-order valence-corrected chi connectivity index (χ4v) is 2.48. The molecule has 0 saturated heterocycles. The maximum Gasteiger partial charge on any atom is 0.0463 e. The van der Waals surface area contributed by atoms with Crippen molar-refractivity contribution in [2.45, 2.75) is 38.1 Å². The predicted molar refractivity (Wildman–Crippen MR) is 60.9 cm³/mol. The first-order chi connectivity index (χ1) is 7.40. The van der Waals surface area contributed by atoms with Gasteiger partial charge in [-0.2, -0.15) is 0 Å². The van der Waals surface area contributed by atoms with Crippen molar-refractivity contribution in [1.29, 1.82) is 0 Å². The maximum atomic E-state index is 5.61. The first-order valence-corrected chi connectivity index (χ1v) is 5.76. The van der Waals surface area contributed by atoms with Crippen LogP contribution < -0.4 is 11.3 Å². The van der Waals surface area contributed by atoms with Crippen LogP contribution in [0, 0.1) is 5.92 Å². The molecule has 1 aromatic rings. The van der Waals surface area contributed by atoms with Crippen molar-refractivity contribution >= 4 is 0 Å². The number of pyridine rings is 1. The Labute approximate surface area is 91.1 Å². The van der Waals surface area contributed by atoms with E-state index < -0.39 is 0 Å². The Balaban J connectivity index is 1.97. The van der Waals surface area contributed by atoms with Crippen LogP contribution in [0.2, 0.25) is 0 Å². The van der Waals surface area contributed by atoms with Gasteiger partial charge in [0.1, 0.15) is 0 Å². The van der Waals surface area contributed by atoms with Crippen molar-refractivity contribution in [2.24, 2.45) is 11.8 Å². The number of nitrogens with zero attached hydrogens (tertiary/aromatic N) is 1. The quantitative estimate of drug-likeness (QED) is 0.585. The van der Waals surface area contributed by atoms with Crippen molar-refractivity contribution in [3.63, 3.8) is 0 Å². The van der Waals surface area contributed by atoms with Crippen LogP contribution in [0.25, 0.3) is 0 Å². The minimum Gasteiger partial charge on any atom is -0.271 e. The molecule has 15 heavy (non-hydrogen) atoms. The van der Waals surface area contributed by atoms with Gasteiger partial charge in [0.15, 0.2) is 0 Å². The Bertz CT molecular complexity index is 280. The zero-order valence-electron chi connectivity index (χ0n) is 9.02. The highest BCUT2D eigenvalue weighted by molar-refractivity contribution is 5.14. The molecule has 0 spiro atoms. The minimum atomic E-state index is 0.288. The van der Waals surface area contributed by atoms with Crippen molar-refractivity contribution in [1.82, 2.24) is 10.4 Å². The number of nitrogens with one attached hydrogen (secondary N) is 1. The Kier molecular flexibility index (Phi) is 3.69. The third-order valence-electron chi connectivity index (χ3n) is 3.35. The molecule has 2 rings (SSSR count). The van der Waals surface area contributed by atoms with Gasteiger partial charge in [0.2, 0.25) is 0 Å². The molecule has 1 fully saturated rings. The first-order valence-electron chi connectivity index (χ1n) is 5.76. The van der Waals surface area contributed by atoms with Crippen LogP contribution in [0.4, 0.5) is 0 Å². The molecule has 0 aliphatic heterocycles. The molecule has 1 aliphatic rings. The standard InChI is InChI=1S/C12H19N3/c13-15-12(9-10-3-1-2-4-10)11-5-7-14-8-6-11/h5-8,10,12,15H,1-4,9,13H2. The van der Waals surface area contributed by atoms with Crippen LogP contribution >= 0.6 is 0 Å². The SMILES string of the molecule is NNC(CC1CCCC1)c1ccncc1. The minimum absolute atomic E-state index is 0.288. The van der Waals surface area contributed by atoms with Gasteiger partial charge in [0.05, 0.1) is 0 Å². The first kappa shape index (κ1) is 10.6. The highest BCUT2D eigenvalue weighted by atomic mass is 15.2. The zero-order valence-corrected chi connectivity index (χ0v) is 9.02. The third-order valence-corrected chi connectivity index (χ3v) is 3.35. The highest BCUT2D eigenvalue weighted by Crippen LogP contribution is 2.32. The van der Waals surface area contributed by atoms with Crippen LogP contribution in [-0.4, -0.2) is 4.98 Å². The molecule has 1 aromatic heterocycles. The molecule has 0 bridgehead atoms. The van der Waals surface area contributed by atoms with Crippen LogP contribution in [-0.2, 0) is 0 Å². The van der Waals surface area contributed by atoms with Gasteiger partial charge >= 0.3 is 0 Å². The van der Waals surface area contributed by atoms with E-state index in [9.17, 15) is 0 Å². The number of hydrazine groups is 1. The molecule has 1 atom stereocenters. The highest BCUT2D eigenvalue weighted by Gasteiger charge is 2.20. The summed E-state index contributed by atoms with van der Waals surface area (Å²) in [6.07, 6.45) is 10.3. The molecule has 1 saturated carbocycles. The Morgan fingerprint density at radius 2 is 2.00 bits per heavy atom. The van der Waals surface area contributed by atoms with Gasteiger partial charge in [0.25, 0.3) is 0 Å². The fourth-order valence-electron chi connectivity index (χ4n) is 2.48. The molecule has 3 heteroatoms. The van der Waals surface area contributed by atoms with E-state index in [1.54, 1.807) is 0 Å². The third kappa shape index (κ3) is 2.76. The molecule has 1 heterocycles. The average Bonchev–Trinajstić information content (AvgIpc) is 2.80. The molecule has 3 N–H and O–H groups in total. The summed E-state index contributed by atoms with van der Waals surface area (Å²) >= 11 is 0. The Morgan fingerprint density at radius 1 is 1.33 bits per heavy atom. The van der Waals surface area contributed by atoms with Crippen molar-refractivity contribution in [3.05, 3.63) is 30.1 Å². The van der Waals surface area contributed by atoms with Gasteiger partial charge in [-0.05, 0) is 30.0 Å². The maximum absolute atomic E-state index is 5.61. The molecule has 1 aliphatic carbocycles. The van der Waals surface area contributed by atoms with Gasteiger partial charge in [0, 0.05) is 18.4 Å². The molecule has 82 valence electrons. The fraction of sp³-hybridized carbons (Fsp3) is 0.583. The van der Waals surface area contributed by atoms with Crippen LogP contribution in [0.15, 0.2) is 24.5 Å². The lowest BCUT2D eigenvalue weighted by Crippen LogP contribution is -2.29. The molecular weight excluding hydrogens is 186 g/mol. The lowest BCUT2D eigenvalue weighted by atomic mass is 9.94. The van der Waals surface area contributed by atoms with Crippen molar-refractivity contribution < 1.29 is 0 Å². The summed E-state index contributed by atoms with van der Waals surface area (Å²) in [5.74, 6) is 6.46. The number of nitrogens with two attached hydrogens (primary N) is 1. The lowest BCUT2D eigenvalue weighted by Gasteiger charge is -2.19. The molecular formula is C12H19N3. The van der Waals surface area contributed by atoms with E-state index in [4.69, 9.17) is 5.84 Å². The van der Waals surface area contributed by atoms with Gasteiger partial charge in [-0.25, -0.2) is 0 Å². The average molecular weight is 205 g/mol. The number of hydrogen-bond acceptors (Lipinski definition) is 3. The number of rotatable bonds is 4. The molecule has 0 aromatic carbocycles. The Morgan fingerprint density at radius 3 is 2.60 bits per heavy atom. The normalized spacial score (nSPS) is 19.3. The van der Waals surface area contributed by atoms with Gasteiger partial charge in [-0.1, -0.05) is 25.7 Å². The molecule has 0 radical (unpaired) electrons. The molecule has 3 nitrogen and oxygen atoms in total. The van der Waals surface area contributed by atoms with E-state index in [-0.39, 0.29) is 6.04 Å². The largest absolute Gasteiger partial charge is 0.271 e. The summed E-state index contributed by atoms with van der Waals surface area (Å²) in [5, 5.41) is 0. The van der Waals surface area contributed by atoms with Crippen molar-refractivity contribution in [2.75, 3.05) is 0 Å². The smallest absolute Gasteiger partial charge is 0.0463 e. The summed E-state index contributed by atoms with van der Waals surface area (Å²) < 4.78 is 0. The number of hydrogen-bond donors (Lipinski definition) is 2. The molecule has 0 amide bonds. The van der Waals surface area contributed by atoms with E-state index in [2.05, 4.69) is 10.4 Å². The van der Waals surface area contributed by atoms with E-state index in [1.807, 2.05) is 24.5 Å². The van der Waals surface area contributed by atoms with Crippen LogP contribution in [0.1, 0.15) is 43.7 Å². The zero-order chi connectivity index (χ0) is 10.5. The van der Waals surface area contributed by atoms with Gasteiger partial charge in [-0.15, -0.1) is 0 Å². The topological polar surface area (TPSA) is 50.9 Å². The summed E-state index contributed by atoms with van der Waals surface area (Å²) in [5.41, 5.74) is 4.17. The second-order valence-corrected chi connectivity index (χ2v) is 4.39. The van der Waals surface area contributed by atoms with E-state index in [0.717, 1.165) is 12.3 Å². The van der Waals surface area contributed by atoms with Crippen LogP contribution in [0.5, 0.6) is 0 Å². The van der Waals surface area contributed by atoms with Gasteiger partial charge < -0.3 is 0 Å². The van der Waals surface area contributed by atoms with Crippen molar-refractivity contribution in [3.8, 4) is 0 Å². The van der Waals surface area contributed by atoms with E-state index in [0.29, 0.717) is 0 Å². The monoisotopic (exact) mass is 205 g/mol. The number of aromatic nitrogens is 1. The lowest BCUT2D eigenvalue weighted by molar-refractivity contribution is 0.400. The molecule has 1 unspecified atom stereocenters. The van der Waals surface area contributed by atoms with E-state index >= 15 is 0 Å². The second kappa shape index (κ2) is 5.24. The van der Waals surface area contributed by atoms with E-state index in [1.165, 1.54) is 31.2 Å². The van der Waals surface area contributed by atoms with Gasteiger partial charge in [-0.3, -0.25) is 16.3 Å². The second-order valence-electron chi connectivity index (χ2n) is 4.39. The Hall–Kier alpha value is -0.930.